The molecule has 3 aromatic heterocycles. The van der Waals surface area contributed by atoms with Crippen molar-refractivity contribution < 1.29 is 29.6 Å². The van der Waals surface area contributed by atoms with E-state index in [2.05, 4.69) is 49.2 Å². The minimum atomic E-state index is 0. The van der Waals surface area contributed by atoms with Gasteiger partial charge in [-0.15, -0.1) is 35.9 Å². The number of aryl methyl sites for hydroxylation is 2. The molecule has 0 aliphatic carbocycles. The number of rotatable bonds is 1. The van der Waals surface area contributed by atoms with Gasteiger partial charge in [0.05, 0.1) is 5.52 Å². The van der Waals surface area contributed by atoms with Gasteiger partial charge >= 0.3 is 0 Å². The Balaban J connectivity index is 0.000000197. The molecule has 0 saturated heterocycles. The molecule has 0 aliphatic rings. The summed E-state index contributed by atoms with van der Waals surface area (Å²) < 4.78 is 6.29. The second kappa shape index (κ2) is 10.1. The van der Waals surface area contributed by atoms with Gasteiger partial charge < -0.3 is 9.52 Å². The van der Waals surface area contributed by atoms with E-state index < -0.39 is 0 Å². The summed E-state index contributed by atoms with van der Waals surface area (Å²) in [5, 5.41) is 13.5. The Labute approximate surface area is 228 Å². The van der Waals surface area contributed by atoms with Crippen LogP contribution >= 0.6 is 0 Å². The average molecular weight is 660 g/mol. The van der Waals surface area contributed by atoms with E-state index >= 15 is 0 Å². The van der Waals surface area contributed by atoms with Gasteiger partial charge in [-0.25, -0.2) is 0 Å². The minimum absolute atomic E-state index is 0. The fourth-order valence-electron chi connectivity index (χ4n) is 4.79. The van der Waals surface area contributed by atoms with E-state index in [-0.39, 0.29) is 25.9 Å². The van der Waals surface area contributed by atoms with Gasteiger partial charge in [0.2, 0.25) is 0 Å². The summed E-state index contributed by atoms with van der Waals surface area (Å²) in [4.78, 5) is 9.06. The number of benzene rings is 4. The van der Waals surface area contributed by atoms with E-state index in [4.69, 9.17) is 9.40 Å². The Bertz CT molecular complexity index is 1870. The number of aromatic hydroxyl groups is 1. The number of hydrogen-bond donors (Lipinski definition) is 1. The first kappa shape index (κ1) is 24.6. The second-order valence-corrected chi connectivity index (χ2v) is 8.87. The third-order valence-electron chi connectivity index (χ3n) is 6.33. The van der Waals surface area contributed by atoms with Crippen LogP contribution in [0.1, 0.15) is 11.1 Å². The standard InChI is InChI=1S/C23H16NO.C9H7NO.Ir/c1-14-12-15(2)20-18(13-14)24-22(16-8-4-3-5-9-16)21-17-10-6-7-11-19(17)25-23(20)21;11-8-5-1-3-7-4-2-6-10-9(7)8;/h3-8,10-13H,1-2H3;1-6,11H;/q-1;;. The van der Waals surface area contributed by atoms with Gasteiger partial charge in [-0.2, -0.15) is 0 Å². The second-order valence-electron chi connectivity index (χ2n) is 8.87. The predicted octanol–water partition coefficient (Wildman–Crippen LogP) is 8.16. The van der Waals surface area contributed by atoms with Gasteiger partial charge in [0.15, 0.2) is 0 Å². The van der Waals surface area contributed by atoms with Gasteiger partial charge in [-0.1, -0.05) is 42.5 Å². The van der Waals surface area contributed by atoms with Crippen molar-refractivity contribution in [3.05, 3.63) is 114 Å². The molecule has 5 heteroatoms. The molecule has 7 rings (SSSR count). The zero-order valence-corrected chi connectivity index (χ0v) is 22.7. The Morgan fingerprint density at radius 1 is 0.838 bits per heavy atom. The zero-order valence-electron chi connectivity index (χ0n) is 20.3. The summed E-state index contributed by atoms with van der Waals surface area (Å²) in [6.07, 6.45) is 1.67. The van der Waals surface area contributed by atoms with Crippen molar-refractivity contribution in [3.8, 4) is 17.0 Å². The van der Waals surface area contributed by atoms with Crippen molar-refractivity contribution >= 4 is 43.7 Å². The maximum Gasteiger partial charge on any atom is 0.141 e. The number of nitrogens with zero attached hydrogens (tertiary/aromatic N) is 2. The van der Waals surface area contributed by atoms with Crippen LogP contribution in [0.3, 0.4) is 0 Å². The van der Waals surface area contributed by atoms with Crippen LogP contribution in [0, 0.1) is 19.9 Å². The molecular weight excluding hydrogens is 637 g/mol. The molecule has 0 fully saturated rings. The third kappa shape index (κ3) is 4.48. The number of para-hydroxylation sites is 2. The fraction of sp³-hybridized carbons (Fsp3) is 0.0625. The summed E-state index contributed by atoms with van der Waals surface area (Å²) in [5.41, 5.74) is 7.75. The summed E-state index contributed by atoms with van der Waals surface area (Å²) in [7, 11) is 0. The van der Waals surface area contributed by atoms with Gasteiger partial charge in [0, 0.05) is 53.5 Å². The summed E-state index contributed by atoms with van der Waals surface area (Å²) in [6, 6.07) is 32.9. The van der Waals surface area contributed by atoms with Gasteiger partial charge in [-0.3, -0.25) is 9.97 Å². The van der Waals surface area contributed by atoms with Crippen LogP contribution in [0.4, 0.5) is 0 Å². The zero-order chi connectivity index (χ0) is 24.6. The van der Waals surface area contributed by atoms with Crippen LogP contribution in [0.15, 0.2) is 102 Å². The molecule has 0 unspecified atom stereocenters. The number of aromatic nitrogens is 2. The van der Waals surface area contributed by atoms with Crippen LogP contribution in [0.25, 0.3) is 55.0 Å². The predicted molar refractivity (Wildman–Crippen MR) is 146 cm³/mol. The number of pyridine rings is 2. The SMILES string of the molecule is Cc1cc(C)c2c(c1)nc(-c1[c-]cccc1)c1c3ccccc3oc21.Oc1cccc2cccnc12.[Ir]. The molecule has 0 spiro atoms. The Morgan fingerprint density at radius 2 is 1.65 bits per heavy atom. The van der Waals surface area contributed by atoms with Gasteiger partial charge in [-0.05, 0) is 49.2 Å². The molecule has 0 amide bonds. The van der Waals surface area contributed by atoms with Crippen LogP contribution in [0.5, 0.6) is 5.75 Å². The monoisotopic (exact) mass is 660 g/mol. The number of furan rings is 1. The van der Waals surface area contributed by atoms with E-state index in [0.29, 0.717) is 5.52 Å². The smallest absolute Gasteiger partial charge is 0.141 e. The van der Waals surface area contributed by atoms with Crippen molar-refractivity contribution in [2.75, 3.05) is 0 Å². The summed E-state index contributed by atoms with van der Waals surface area (Å²) in [5.74, 6) is 0.239. The molecule has 4 aromatic carbocycles. The summed E-state index contributed by atoms with van der Waals surface area (Å²) in [6.45, 7) is 4.23. The van der Waals surface area contributed by atoms with Crippen molar-refractivity contribution in [1.29, 1.82) is 0 Å². The first-order valence-electron chi connectivity index (χ1n) is 11.8. The Morgan fingerprint density at radius 3 is 2.46 bits per heavy atom. The van der Waals surface area contributed by atoms with Crippen LogP contribution in [-0.4, -0.2) is 15.1 Å². The van der Waals surface area contributed by atoms with E-state index in [1.54, 1.807) is 18.3 Å². The van der Waals surface area contributed by atoms with E-state index in [1.165, 1.54) is 11.1 Å². The minimum Gasteiger partial charge on any atom is -0.506 e. The normalized spacial score (nSPS) is 10.9. The molecular formula is C32H23IrN2O2-. The first-order valence-corrected chi connectivity index (χ1v) is 11.8. The van der Waals surface area contributed by atoms with Crippen LogP contribution < -0.4 is 0 Å². The van der Waals surface area contributed by atoms with Crippen molar-refractivity contribution in [2.24, 2.45) is 0 Å². The topological polar surface area (TPSA) is 59.2 Å². The van der Waals surface area contributed by atoms with Crippen molar-refractivity contribution in [3.63, 3.8) is 0 Å². The van der Waals surface area contributed by atoms with Crippen molar-refractivity contribution in [2.45, 2.75) is 13.8 Å². The molecule has 3 heterocycles. The fourth-order valence-corrected chi connectivity index (χ4v) is 4.79. The number of fused-ring (bicyclic) bond motifs is 6. The molecule has 0 bridgehead atoms. The molecule has 7 aromatic rings. The average Bonchev–Trinajstić information content (AvgIpc) is 3.28. The van der Waals surface area contributed by atoms with E-state index in [0.717, 1.165) is 49.5 Å². The molecule has 0 saturated carbocycles. The Kier molecular flexibility index (Phi) is 6.75. The number of phenolic OH excluding ortho intramolecular Hbond substituents is 1. The molecule has 4 nitrogen and oxygen atoms in total. The molecule has 0 atom stereocenters. The van der Waals surface area contributed by atoms with Crippen LogP contribution in [0.2, 0.25) is 0 Å². The van der Waals surface area contributed by atoms with Gasteiger partial charge in [0.1, 0.15) is 22.4 Å². The molecule has 1 radical (unpaired) electrons. The number of phenols is 1. The Hall–Kier alpha value is -4.05. The van der Waals surface area contributed by atoms with Crippen molar-refractivity contribution in [1.82, 2.24) is 9.97 Å². The maximum absolute atomic E-state index is 9.31. The molecule has 37 heavy (non-hydrogen) atoms. The van der Waals surface area contributed by atoms with E-state index in [1.807, 2.05) is 54.6 Å². The first-order chi connectivity index (χ1) is 17.6. The largest absolute Gasteiger partial charge is 0.506 e. The molecule has 1 N–H and O–H groups in total. The van der Waals surface area contributed by atoms with Gasteiger partial charge in [0.25, 0.3) is 0 Å². The quantitative estimate of drug-likeness (QED) is 0.181. The number of hydrogen-bond acceptors (Lipinski definition) is 4. The van der Waals surface area contributed by atoms with E-state index in [9.17, 15) is 5.11 Å². The summed E-state index contributed by atoms with van der Waals surface area (Å²) >= 11 is 0. The molecule has 0 aliphatic heterocycles. The maximum atomic E-state index is 9.31. The van der Waals surface area contributed by atoms with Crippen LogP contribution in [-0.2, 0) is 20.1 Å². The third-order valence-corrected chi connectivity index (χ3v) is 6.33. The molecule has 183 valence electrons.